The zero-order chi connectivity index (χ0) is 19.3. The number of rotatable bonds is 16. The number of hydrogen-bond acceptors (Lipinski definition) is 8. The second-order valence-corrected chi connectivity index (χ2v) is 11.8. The van der Waals surface area contributed by atoms with Crippen molar-refractivity contribution in [1.82, 2.24) is 0 Å². The molecule has 8 nitrogen and oxygen atoms in total. The van der Waals surface area contributed by atoms with E-state index in [0.717, 1.165) is 0 Å². The van der Waals surface area contributed by atoms with Gasteiger partial charge in [0.25, 0.3) is 0 Å². The molecule has 0 rings (SSSR count). The van der Waals surface area contributed by atoms with Gasteiger partial charge in [-0.15, -0.1) is 0 Å². The first-order valence-corrected chi connectivity index (χ1v) is 12.9. The van der Waals surface area contributed by atoms with Gasteiger partial charge in [-0.05, 0) is 55.4 Å². The zero-order valence-electron chi connectivity index (χ0n) is 16.1. The fourth-order valence-corrected chi connectivity index (χ4v) is 7.23. The van der Waals surface area contributed by atoms with Crippen LogP contribution in [0.25, 0.3) is 0 Å². The third-order valence-corrected chi connectivity index (χ3v) is 9.41. The van der Waals surface area contributed by atoms with Gasteiger partial charge in [-0.3, -0.25) is 0 Å². The SMILES string of the molecule is CC(C)O[Si]O[Si](O[Si]OC(C)C)(O[Si]OC(C)C)O[Si]OC(C)C. The maximum absolute atomic E-state index is 5.74. The lowest BCUT2D eigenvalue weighted by Gasteiger charge is -2.28. The van der Waals surface area contributed by atoms with Crippen LogP contribution in [0.3, 0.4) is 0 Å². The minimum Gasteiger partial charge on any atom is -0.391 e. The third-order valence-electron chi connectivity index (χ3n) is 1.80. The van der Waals surface area contributed by atoms with Crippen LogP contribution >= 0.6 is 0 Å². The first kappa shape index (κ1) is 25.8. The minimum absolute atomic E-state index is 0.0168. The van der Waals surface area contributed by atoms with E-state index in [1.807, 2.05) is 55.4 Å². The lowest BCUT2D eigenvalue weighted by Crippen LogP contribution is -2.54. The van der Waals surface area contributed by atoms with E-state index in [9.17, 15) is 0 Å². The molecule has 0 aliphatic rings. The van der Waals surface area contributed by atoms with Gasteiger partial charge in [0, 0.05) is 24.4 Å². The lowest BCUT2D eigenvalue weighted by molar-refractivity contribution is 0.0909. The van der Waals surface area contributed by atoms with Crippen LogP contribution in [0.4, 0.5) is 0 Å². The molecule has 13 heteroatoms. The molecule has 0 spiro atoms. The molecule has 0 fully saturated rings. The van der Waals surface area contributed by atoms with Crippen LogP contribution in [0.1, 0.15) is 55.4 Å². The Kier molecular flexibility index (Phi) is 15.2. The van der Waals surface area contributed by atoms with Gasteiger partial charge < -0.3 is 34.2 Å². The van der Waals surface area contributed by atoms with Gasteiger partial charge >= 0.3 is 49.1 Å². The Morgan fingerprint density at radius 3 is 0.800 bits per heavy atom. The topological polar surface area (TPSA) is 73.8 Å². The molecule has 0 aliphatic carbocycles. The predicted octanol–water partition coefficient (Wildman–Crippen LogP) is 1.33. The summed E-state index contributed by atoms with van der Waals surface area (Å²) >= 11 is 0. The first-order chi connectivity index (χ1) is 11.7. The Labute approximate surface area is 163 Å². The zero-order valence-corrected chi connectivity index (χ0v) is 21.1. The molecule has 0 N–H and O–H groups in total. The predicted molar refractivity (Wildman–Crippen MR) is 98.0 cm³/mol. The van der Waals surface area contributed by atoms with E-state index < -0.39 is 9.05 Å². The highest BCUT2D eigenvalue weighted by atomic mass is 28.5. The van der Waals surface area contributed by atoms with Crippen molar-refractivity contribution in [3.8, 4) is 0 Å². The molecule has 25 heavy (non-hydrogen) atoms. The Morgan fingerprint density at radius 2 is 0.640 bits per heavy atom. The highest BCUT2D eigenvalue weighted by Gasteiger charge is 2.47. The summed E-state index contributed by atoms with van der Waals surface area (Å²) < 4.78 is 44.8. The fourth-order valence-electron chi connectivity index (χ4n) is 0.810. The van der Waals surface area contributed by atoms with Gasteiger partial charge in [0.1, 0.15) is 0 Å². The van der Waals surface area contributed by atoms with Gasteiger partial charge in [-0.25, -0.2) is 0 Å². The minimum atomic E-state index is -3.51. The monoisotopic (exact) mass is 440 g/mol. The van der Waals surface area contributed by atoms with Crippen LogP contribution in [0.5, 0.6) is 0 Å². The molecular weight excluding hydrogens is 413 g/mol. The van der Waals surface area contributed by atoms with Gasteiger partial charge in [0.2, 0.25) is 0 Å². The molecule has 0 saturated carbocycles. The Hall–Kier alpha value is 0.764. The maximum Gasteiger partial charge on any atom is 0.642 e. The van der Waals surface area contributed by atoms with E-state index in [1.165, 1.54) is 0 Å². The fraction of sp³-hybridized carbons (Fsp3) is 1.00. The molecule has 0 aromatic carbocycles. The average Bonchev–Trinajstić information content (AvgIpc) is 2.45. The molecule has 0 aromatic heterocycles. The summed E-state index contributed by atoms with van der Waals surface area (Å²) in [6, 6.07) is 0. The van der Waals surface area contributed by atoms with Crippen LogP contribution in [0, 0.1) is 0 Å². The van der Waals surface area contributed by atoms with Crippen LogP contribution in [0.2, 0.25) is 0 Å². The smallest absolute Gasteiger partial charge is 0.391 e. The third kappa shape index (κ3) is 15.5. The van der Waals surface area contributed by atoms with Crippen LogP contribution in [0.15, 0.2) is 0 Å². The Bertz CT molecular complexity index is 260. The van der Waals surface area contributed by atoms with Crippen molar-refractivity contribution < 1.29 is 34.2 Å². The van der Waals surface area contributed by atoms with E-state index in [4.69, 9.17) is 34.2 Å². The Morgan fingerprint density at radius 1 is 0.440 bits per heavy atom. The Balaban J connectivity index is 4.85. The standard InChI is InChI=1S/C12H28O8Si5/c1-9(2)13-21-17-25(18-22-14-10(3)4,19-23-15-11(5)6)20-24-16-12(7)8/h9-12H,1-8H3. The summed E-state index contributed by atoms with van der Waals surface area (Å²) in [4.78, 5) is 0. The van der Waals surface area contributed by atoms with Crippen molar-refractivity contribution in [2.75, 3.05) is 0 Å². The molecule has 144 valence electrons. The molecular formula is C12H28O8Si5. The summed E-state index contributed by atoms with van der Waals surface area (Å²) in [6.07, 6.45) is 0.0671. The molecule has 0 aliphatic heterocycles. The number of hydrogen-bond donors (Lipinski definition) is 0. The molecule has 0 bridgehead atoms. The van der Waals surface area contributed by atoms with Crippen molar-refractivity contribution >= 4 is 49.1 Å². The van der Waals surface area contributed by atoms with Gasteiger partial charge in [0.05, 0.1) is 0 Å². The normalized spacial score (nSPS) is 13.0. The second kappa shape index (κ2) is 14.8. The second-order valence-electron chi connectivity index (χ2n) is 5.91. The molecule has 0 heterocycles. The van der Waals surface area contributed by atoms with Crippen LogP contribution < -0.4 is 0 Å². The van der Waals surface area contributed by atoms with Crippen molar-refractivity contribution in [3.63, 3.8) is 0 Å². The molecule has 0 unspecified atom stereocenters. The molecule has 8 radical (unpaired) electrons. The van der Waals surface area contributed by atoms with E-state index in [0.29, 0.717) is 0 Å². The summed E-state index contributed by atoms with van der Waals surface area (Å²) in [6.45, 7) is 15.3. The van der Waals surface area contributed by atoms with Crippen molar-refractivity contribution in [2.45, 2.75) is 79.8 Å². The summed E-state index contributed by atoms with van der Waals surface area (Å²) in [5.74, 6) is 0. The van der Waals surface area contributed by atoms with Gasteiger partial charge in [-0.1, -0.05) is 0 Å². The van der Waals surface area contributed by atoms with E-state index >= 15 is 0 Å². The van der Waals surface area contributed by atoms with E-state index in [-0.39, 0.29) is 64.4 Å². The molecule has 0 aromatic rings. The summed E-state index contributed by atoms with van der Waals surface area (Å²) in [5, 5.41) is 0. The lowest BCUT2D eigenvalue weighted by atomic mass is 10.5. The van der Waals surface area contributed by atoms with E-state index in [1.54, 1.807) is 0 Å². The molecule has 0 saturated heterocycles. The quantitative estimate of drug-likeness (QED) is 0.333. The van der Waals surface area contributed by atoms with Crippen molar-refractivity contribution in [2.24, 2.45) is 0 Å². The first-order valence-electron chi connectivity index (χ1n) is 8.01. The average molecular weight is 441 g/mol. The van der Waals surface area contributed by atoms with Gasteiger partial charge in [-0.2, -0.15) is 0 Å². The highest BCUT2D eigenvalue weighted by molar-refractivity contribution is 6.70. The molecule has 0 atom stereocenters. The van der Waals surface area contributed by atoms with Crippen LogP contribution in [-0.2, 0) is 34.2 Å². The highest BCUT2D eigenvalue weighted by Crippen LogP contribution is 2.12. The maximum atomic E-state index is 5.74. The van der Waals surface area contributed by atoms with Crippen molar-refractivity contribution in [1.29, 1.82) is 0 Å². The largest absolute Gasteiger partial charge is 0.642 e. The summed E-state index contributed by atoms with van der Waals surface area (Å²) in [5.41, 5.74) is 0. The van der Waals surface area contributed by atoms with Crippen LogP contribution in [-0.4, -0.2) is 73.5 Å². The van der Waals surface area contributed by atoms with Gasteiger partial charge in [0.15, 0.2) is 0 Å². The summed E-state index contributed by atoms with van der Waals surface area (Å²) in [7, 11) is -4.65. The van der Waals surface area contributed by atoms with E-state index in [2.05, 4.69) is 0 Å². The van der Waals surface area contributed by atoms with Crippen molar-refractivity contribution in [3.05, 3.63) is 0 Å². The molecule has 0 amide bonds.